The third-order valence-electron chi connectivity index (χ3n) is 6.12. The molecule has 2 aromatic heterocycles. The van der Waals surface area contributed by atoms with Gasteiger partial charge in [-0.2, -0.15) is 0 Å². The van der Waals surface area contributed by atoms with Crippen molar-refractivity contribution in [2.75, 3.05) is 12.9 Å². The van der Waals surface area contributed by atoms with Gasteiger partial charge in [-0.05, 0) is 31.0 Å². The fourth-order valence-electron chi connectivity index (χ4n) is 4.46. The number of thioether (sulfide) groups is 1. The minimum Gasteiger partial charge on any atom is -0.497 e. The second kappa shape index (κ2) is 8.18. The zero-order chi connectivity index (χ0) is 21.5. The van der Waals surface area contributed by atoms with Crippen molar-refractivity contribution in [3.63, 3.8) is 0 Å². The lowest BCUT2D eigenvalue weighted by Gasteiger charge is -2.13. The molecule has 3 aromatic rings. The molecule has 4 heterocycles. The summed E-state index contributed by atoms with van der Waals surface area (Å²) >= 11 is 1.75. The summed E-state index contributed by atoms with van der Waals surface area (Å²) in [4.78, 5) is 4.46. The molecule has 0 saturated heterocycles. The monoisotopic (exact) mass is 441 g/mol. The summed E-state index contributed by atoms with van der Waals surface area (Å²) in [5.41, 5.74) is 8.87. The molecule has 0 amide bonds. The van der Waals surface area contributed by atoms with Crippen molar-refractivity contribution in [2.45, 2.75) is 49.0 Å². The Balaban J connectivity index is 1.11. The van der Waals surface area contributed by atoms with Crippen LogP contribution in [0.4, 0.5) is 0 Å². The molecule has 2 bridgehead atoms. The Kier molecular flexibility index (Phi) is 5.37. The van der Waals surface area contributed by atoms with E-state index in [0.717, 1.165) is 41.7 Å². The number of benzene rings is 1. The predicted molar refractivity (Wildman–Crippen MR) is 121 cm³/mol. The standard InChI is InChI=1S/C23H27N3O4S/c1-29-14-5-6-16-15(10-14)19(11-25-16)31-12-13(24)4-2-3-9-26-22(27)20-17-7-8-18(30-17)21(20)23(26)28/h5-8,10-11,13,17-18,25,27-28H,2-4,9,12,24H2,1H3. The van der Waals surface area contributed by atoms with Crippen LogP contribution in [0.15, 0.2) is 41.4 Å². The number of nitrogens with one attached hydrogen (secondary N) is 1. The molecule has 8 heteroatoms. The van der Waals surface area contributed by atoms with Gasteiger partial charge in [-0.25, -0.2) is 0 Å². The molecule has 0 fully saturated rings. The number of aromatic amines is 1. The van der Waals surface area contributed by atoms with Gasteiger partial charge in [0.2, 0.25) is 11.8 Å². The third kappa shape index (κ3) is 3.58. The first kappa shape index (κ1) is 20.4. The molecule has 7 nitrogen and oxygen atoms in total. The summed E-state index contributed by atoms with van der Waals surface area (Å²) in [6, 6.07) is 6.08. The highest BCUT2D eigenvalue weighted by atomic mass is 32.2. The Labute approximate surface area is 184 Å². The quantitative estimate of drug-likeness (QED) is 0.223. The number of aromatic nitrogens is 2. The molecule has 1 aromatic carbocycles. The number of ether oxygens (including phenoxy) is 2. The topological polar surface area (TPSA) is 106 Å². The van der Waals surface area contributed by atoms with E-state index in [2.05, 4.69) is 4.98 Å². The van der Waals surface area contributed by atoms with E-state index in [0.29, 0.717) is 17.7 Å². The van der Waals surface area contributed by atoms with Crippen LogP contribution in [0.1, 0.15) is 42.6 Å². The second-order valence-electron chi connectivity index (χ2n) is 8.12. The van der Waals surface area contributed by atoms with Crippen LogP contribution in [0.25, 0.3) is 10.9 Å². The van der Waals surface area contributed by atoms with Gasteiger partial charge in [0.25, 0.3) is 0 Å². The smallest absolute Gasteiger partial charge is 0.200 e. The Hall–Kier alpha value is -2.55. The Morgan fingerprint density at radius 3 is 2.65 bits per heavy atom. The first-order chi connectivity index (χ1) is 15.1. The average molecular weight is 442 g/mol. The van der Waals surface area contributed by atoms with E-state index in [9.17, 15) is 10.2 Å². The Morgan fingerprint density at radius 2 is 1.94 bits per heavy atom. The SMILES string of the molecule is COc1ccc2[nH]cc(SCC(N)CCCCn3c(O)c4c(c3O)C3C=CC4O3)c2c1. The lowest BCUT2D eigenvalue weighted by Crippen LogP contribution is -2.22. The summed E-state index contributed by atoms with van der Waals surface area (Å²) in [7, 11) is 1.67. The molecule has 164 valence electrons. The van der Waals surface area contributed by atoms with Crippen LogP contribution in [0.5, 0.6) is 17.5 Å². The molecular weight excluding hydrogens is 414 g/mol. The number of hydrogen-bond donors (Lipinski definition) is 4. The number of nitrogens with two attached hydrogens (primary N) is 1. The van der Waals surface area contributed by atoms with E-state index in [-0.39, 0.29) is 30.0 Å². The number of H-pyrrole nitrogens is 1. The highest BCUT2D eigenvalue weighted by Gasteiger charge is 2.42. The Morgan fingerprint density at radius 1 is 1.19 bits per heavy atom. The summed E-state index contributed by atoms with van der Waals surface area (Å²) in [6.07, 6.45) is 8.05. The van der Waals surface area contributed by atoms with Crippen LogP contribution in [-0.4, -0.2) is 38.7 Å². The summed E-state index contributed by atoms with van der Waals surface area (Å²) < 4.78 is 12.6. The lowest BCUT2D eigenvalue weighted by molar-refractivity contribution is 0.0837. The molecule has 2 aliphatic rings. The van der Waals surface area contributed by atoms with Gasteiger partial charge in [-0.3, -0.25) is 4.57 Å². The second-order valence-corrected chi connectivity index (χ2v) is 9.18. The molecule has 3 atom stereocenters. The van der Waals surface area contributed by atoms with Crippen LogP contribution >= 0.6 is 11.8 Å². The number of methoxy groups -OCH3 is 1. The first-order valence-electron chi connectivity index (χ1n) is 10.6. The average Bonchev–Trinajstić information content (AvgIpc) is 3.54. The van der Waals surface area contributed by atoms with Gasteiger partial charge in [-0.15, -0.1) is 11.8 Å². The van der Waals surface area contributed by atoms with E-state index in [1.54, 1.807) is 23.4 Å². The third-order valence-corrected chi connectivity index (χ3v) is 7.36. The molecule has 5 N–H and O–H groups in total. The number of aromatic hydroxyl groups is 2. The molecule has 0 spiro atoms. The highest BCUT2D eigenvalue weighted by Crippen LogP contribution is 2.54. The van der Waals surface area contributed by atoms with Gasteiger partial charge in [-0.1, -0.05) is 18.6 Å². The van der Waals surface area contributed by atoms with E-state index < -0.39 is 0 Å². The Bertz CT molecular complexity index is 1100. The largest absolute Gasteiger partial charge is 0.497 e. The van der Waals surface area contributed by atoms with Gasteiger partial charge in [0, 0.05) is 40.3 Å². The predicted octanol–water partition coefficient (Wildman–Crippen LogP) is 4.36. The van der Waals surface area contributed by atoms with Crippen LogP contribution < -0.4 is 10.5 Å². The number of fused-ring (bicyclic) bond motifs is 6. The van der Waals surface area contributed by atoms with Crippen LogP contribution in [0.2, 0.25) is 0 Å². The fraction of sp³-hybridized carbons (Fsp3) is 0.391. The van der Waals surface area contributed by atoms with E-state index in [1.807, 2.05) is 36.5 Å². The van der Waals surface area contributed by atoms with Crippen molar-refractivity contribution in [3.05, 3.63) is 47.7 Å². The first-order valence-corrected chi connectivity index (χ1v) is 11.6. The molecule has 5 rings (SSSR count). The van der Waals surface area contributed by atoms with Gasteiger partial charge in [0.15, 0.2) is 0 Å². The minimum absolute atomic E-state index is 0.0749. The van der Waals surface area contributed by atoms with E-state index in [4.69, 9.17) is 15.2 Å². The molecular formula is C23H27N3O4S. The number of nitrogens with zero attached hydrogens (tertiary/aromatic N) is 1. The number of rotatable bonds is 9. The zero-order valence-corrected chi connectivity index (χ0v) is 18.2. The normalized spacial score (nSPS) is 19.9. The van der Waals surface area contributed by atoms with E-state index >= 15 is 0 Å². The van der Waals surface area contributed by atoms with Crippen molar-refractivity contribution >= 4 is 22.7 Å². The molecule has 31 heavy (non-hydrogen) atoms. The lowest BCUT2D eigenvalue weighted by atomic mass is 10.0. The molecule has 3 unspecified atom stereocenters. The summed E-state index contributed by atoms with van der Waals surface area (Å²) in [6.45, 7) is 0.562. The van der Waals surface area contributed by atoms with Crippen molar-refractivity contribution in [3.8, 4) is 17.5 Å². The maximum atomic E-state index is 10.5. The van der Waals surface area contributed by atoms with Gasteiger partial charge in [0.05, 0.1) is 18.2 Å². The fourth-order valence-corrected chi connectivity index (χ4v) is 5.49. The number of unbranched alkanes of at least 4 members (excludes halogenated alkanes) is 1. The maximum Gasteiger partial charge on any atom is 0.200 e. The van der Waals surface area contributed by atoms with E-state index in [1.165, 1.54) is 4.90 Å². The highest BCUT2D eigenvalue weighted by molar-refractivity contribution is 7.99. The van der Waals surface area contributed by atoms with Gasteiger partial charge < -0.3 is 30.4 Å². The van der Waals surface area contributed by atoms with Crippen molar-refractivity contribution in [1.82, 2.24) is 9.55 Å². The molecule has 0 radical (unpaired) electrons. The summed E-state index contributed by atoms with van der Waals surface area (Å²) in [5.74, 6) is 1.92. The van der Waals surface area contributed by atoms with Crippen molar-refractivity contribution in [1.29, 1.82) is 0 Å². The summed E-state index contributed by atoms with van der Waals surface area (Å²) in [5, 5.41) is 22.2. The van der Waals surface area contributed by atoms with Gasteiger partial charge in [0.1, 0.15) is 18.0 Å². The molecule has 0 aliphatic carbocycles. The number of hydrogen-bond acceptors (Lipinski definition) is 6. The van der Waals surface area contributed by atoms with Crippen LogP contribution in [-0.2, 0) is 11.3 Å². The van der Waals surface area contributed by atoms with Crippen LogP contribution in [0, 0.1) is 0 Å². The zero-order valence-electron chi connectivity index (χ0n) is 17.4. The molecule has 2 aliphatic heterocycles. The van der Waals surface area contributed by atoms with Crippen molar-refractivity contribution in [2.24, 2.45) is 5.73 Å². The maximum absolute atomic E-state index is 10.5. The van der Waals surface area contributed by atoms with Crippen molar-refractivity contribution < 1.29 is 19.7 Å². The van der Waals surface area contributed by atoms with Gasteiger partial charge >= 0.3 is 0 Å². The minimum atomic E-state index is -0.234. The molecule has 0 saturated carbocycles. The van der Waals surface area contributed by atoms with Crippen LogP contribution in [0.3, 0.4) is 0 Å².